The Balaban J connectivity index is 1.41. The molecule has 0 bridgehead atoms. The Kier molecular flexibility index (Phi) is 5.30. The van der Waals surface area contributed by atoms with Crippen LogP contribution in [-0.4, -0.2) is 36.8 Å². The van der Waals surface area contributed by atoms with Crippen LogP contribution in [-0.2, 0) is 4.74 Å². The van der Waals surface area contributed by atoms with Crippen molar-refractivity contribution >= 4 is 11.8 Å². The molecular weight excluding hydrogens is 206 g/mol. The molecule has 2 aliphatic rings. The second-order valence-electron chi connectivity index (χ2n) is 4.65. The van der Waals surface area contributed by atoms with Gasteiger partial charge >= 0.3 is 0 Å². The van der Waals surface area contributed by atoms with E-state index in [1.807, 2.05) is 0 Å². The minimum Gasteiger partial charge on any atom is -0.378 e. The molecule has 1 aliphatic carbocycles. The standard InChI is InChI=1S/C12H23NOS/c1-2-5-12(4-1)14-8-3-7-13-11-6-9-15-10-11/h11-13H,1-10H2. The molecule has 1 saturated heterocycles. The van der Waals surface area contributed by atoms with E-state index in [4.69, 9.17) is 4.74 Å². The number of hydrogen-bond acceptors (Lipinski definition) is 3. The van der Waals surface area contributed by atoms with Gasteiger partial charge in [0.25, 0.3) is 0 Å². The van der Waals surface area contributed by atoms with E-state index >= 15 is 0 Å². The zero-order valence-corrected chi connectivity index (χ0v) is 10.4. The van der Waals surface area contributed by atoms with Crippen LogP contribution in [0.2, 0.25) is 0 Å². The molecule has 88 valence electrons. The maximum Gasteiger partial charge on any atom is 0.0575 e. The third-order valence-electron chi connectivity index (χ3n) is 3.34. The van der Waals surface area contributed by atoms with E-state index in [2.05, 4.69) is 17.1 Å². The average molecular weight is 229 g/mol. The Morgan fingerprint density at radius 1 is 1.20 bits per heavy atom. The van der Waals surface area contributed by atoms with Gasteiger partial charge < -0.3 is 10.1 Å². The monoisotopic (exact) mass is 229 g/mol. The number of ether oxygens (including phenoxy) is 1. The summed E-state index contributed by atoms with van der Waals surface area (Å²) < 4.78 is 5.82. The Labute approximate surface area is 97.5 Å². The second-order valence-corrected chi connectivity index (χ2v) is 5.80. The van der Waals surface area contributed by atoms with Crippen LogP contribution in [0.5, 0.6) is 0 Å². The van der Waals surface area contributed by atoms with Gasteiger partial charge in [-0.15, -0.1) is 0 Å². The maximum atomic E-state index is 5.82. The predicted octanol–water partition coefficient (Wildman–Crippen LogP) is 2.43. The van der Waals surface area contributed by atoms with Crippen molar-refractivity contribution in [2.75, 3.05) is 24.7 Å². The smallest absolute Gasteiger partial charge is 0.0575 e. The van der Waals surface area contributed by atoms with Gasteiger partial charge in [0.1, 0.15) is 0 Å². The molecule has 0 spiro atoms. The third-order valence-corrected chi connectivity index (χ3v) is 4.50. The van der Waals surface area contributed by atoms with Crippen molar-refractivity contribution in [3.05, 3.63) is 0 Å². The van der Waals surface area contributed by atoms with Crippen LogP contribution in [0.25, 0.3) is 0 Å². The molecule has 1 aliphatic heterocycles. The molecule has 1 N–H and O–H groups in total. The first-order chi connectivity index (χ1) is 7.45. The number of hydrogen-bond donors (Lipinski definition) is 1. The zero-order valence-electron chi connectivity index (χ0n) is 9.54. The lowest BCUT2D eigenvalue weighted by Crippen LogP contribution is -2.30. The molecule has 3 heteroatoms. The molecule has 0 aromatic heterocycles. The quantitative estimate of drug-likeness (QED) is 0.707. The Morgan fingerprint density at radius 2 is 2.07 bits per heavy atom. The lowest BCUT2D eigenvalue weighted by Gasteiger charge is -2.13. The fourth-order valence-electron chi connectivity index (χ4n) is 2.38. The number of nitrogens with one attached hydrogen (secondary N) is 1. The molecule has 1 heterocycles. The van der Waals surface area contributed by atoms with Crippen molar-refractivity contribution in [3.8, 4) is 0 Å². The Morgan fingerprint density at radius 3 is 2.80 bits per heavy atom. The Bertz CT molecular complexity index is 147. The van der Waals surface area contributed by atoms with Crippen LogP contribution >= 0.6 is 11.8 Å². The molecule has 1 atom stereocenters. The molecule has 0 aromatic carbocycles. The van der Waals surface area contributed by atoms with Crippen LogP contribution in [0, 0.1) is 0 Å². The fraction of sp³-hybridized carbons (Fsp3) is 1.00. The zero-order chi connectivity index (χ0) is 10.3. The largest absolute Gasteiger partial charge is 0.378 e. The second kappa shape index (κ2) is 6.77. The topological polar surface area (TPSA) is 21.3 Å². The van der Waals surface area contributed by atoms with Crippen molar-refractivity contribution in [1.82, 2.24) is 5.32 Å². The van der Waals surface area contributed by atoms with Crippen LogP contribution in [0.15, 0.2) is 0 Å². The molecule has 2 nitrogen and oxygen atoms in total. The van der Waals surface area contributed by atoms with Crippen molar-refractivity contribution in [3.63, 3.8) is 0 Å². The highest BCUT2D eigenvalue weighted by Crippen LogP contribution is 2.21. The van der Waals surface area contributed by atoms with Gasteiger partial charge in [-0.2, -0.15) is 11.8 Å². The van der Waals surface area contributed by atoms with E-state index in [-0.39, 0.29) is 0 Å². The van der Waals surface area contributed by atoms with E-state index < -0.39 is 0 Å². The molecule has 1 unspecified atom stereocenters. The summed E-state index contributed by atoms with van der Waals surface area (Å²) in [4.78, 5) is 0. The van der Waals surface area contributed by atoms with E-state index in [0.29, 0.717) is 6.10 Å². The van der Waals surface area contributed by atoms with Gasteiger partial charge in [0.2, 0.25) is 0 Å². The summed E-state index contributed by atoms with van der Waals surface area (Å²) in [5, 5.41) is 3.61. The van der Waals surface area contributed by atoms with Gasteiger partial charge in [-0.05, 0) is 38.0 Å². The first kappa shape index (κ1) is 11.7. The third kappa shape index (κ3) is 4.33. The maximum absolute atomic E-state index is 5.82. The summed E-state index contributed by atoms with van der Waals surface area (Å²) in [6.07, 6.45) is 8.47. The minimum absolute atomic E-state index is 0.590. The molecule has 1 saturated carbocycles. The first-order valence-corrected chi connectivity index (χ1v) is 7.53. The van der Waals surface area contributed by atoms with E-state index in [1.54, 1.807) is 0 Å². The SMILES string of the molecule is C(CNC1CCSC1)COC1CCCC1. The molecule has 0 aromatic rings. The fourth-order valence-corrected chi connectivity index (χ4v) is 3.57. The Hall–Kier alpha value is 0.270. The highest BCUT2D eigenvalue weighted by Gasteiger charge is 2.15. The van der Waals surface area contributed by atoms with E-state index in [9.17, 15) is 0 Å². The highest BCUT2D eigenvalue weighted by atomic mass is 32.2. The van der Waals surface area contributed by atoms with Crippen LogP contribution in [0.1, 0.15) is 38.5 Å². The van der Waals surface area contributed by atoms with Crippen molar-refractivity contribution in [2.45, 2.75) is 50.7 Å². The van der Waals surface area contributed by atoms with Crippen molar-refractivity contribution in [1.29, 1.82) is 0 Å². The summed E-state index contributed by atoms with van der Waals surface area (Å²) in [6.45, 7) is 2.09. The first-order valence-electron chi connectivity index (χ1n) is 6.38. The van der Waals surface area contributed by atoms with Gasteiger partial charge in [0.05, 0.1) is 6.10 Å². The average Bonchev–Trinajstić information content (AvgIpc) is 2.88. The summed E-state index contributed by atoms with van der Waals surface area (Å²) >= 11 is 2.07. The lowest BCUT2D eigenvalue weighted by molar-refractivity contribution is 0.0567. The van der Waals surface area contributed by atoms with E-state index in [1.165, 1.54) is 50.0 Å². The van der Waals surface area contributed by atoms with Crippen molar-refractivity contribution < 1.29 is 4.74 Å². The predicted molar refractivity (Wildman–Crippen MR) is 66.6 cm³/mol. The van der Waals surface area contributed by atoms with Gasteiger partial charge in [-0.1, -0.05) is 12.8 Å². The summed E-state index contributed by atoms with van der Waals surface area (Å²) in [5.41, 5.74) is 0. The molecular formula is C12H23NOS. The molecule has 15 heavy (non-hydrogen) atoms. The molecule has 2 fully saturated rings. The molecule has 0 amide bonds. The summed E-state index contributed by atoms with van der Waals surface area (Å²) in [5.74, 6) is 2.65. The van der Waals surface area contributed by atoms with Gasteiger partial charge in [0.15, 0.2) is 0 Å². The summed E-state index contributed by atoms with van der Waals surface area (Å²) in [6, 6.07) is 0.779. The van der Waals surface area contributed by atoms with Gasteiger partial charge in [-0.3, -0.25) is 0 Å². The van der Waals surface area contributed by atoms with Crippen LogP contribution in [0.4, 0.5) is 0 Å². The highest BCUT2D eigenvalue weighted by molar-refractivity contribution is 7.99. The van der Waals surface area contributed by atoms with Crippen LogP contribution in [0.3, 0.4) is 0 Å². The van der Waals surface area contributed by atoms with E-state index in [0.717, 1.165) is 19.2 Å². The summed E-state index contributed by atoms with van der Waals surface area (Å²) in [7, 11) is 0. The van der Waals surface area contributed by atoms with Gasteiger partial charge in [-0.25, -0.2) is 0 Å². The minimum atomic E-state index is 0.590. The molecule has 2 rings (SSSR count). The van der Waals surface area contributed by atoms with Crippen molar-refractivity contribution in [2.24, 2.45) is 0 Å². The number of thioether (sulfide) groups is 1. The number of rotatable bonds is 6. The normalized spacial score (nSPS) is 27.6. The lowest BCUT2D eigenvalue weighted by atomic mass is 10.2. The van der Waals surface area contributed by atoms with Crippen LogP contribution < -0.4 is 5.32 Å². The van der Waals surface area contributed by atoms with Gasteiger partial charge in [0, 0.05) is 18.4 Å². The molecule has 0 radical (unpaired) electrons.